The van der Waals surface area contributed by atoms with E-state index in [1.165, 1.54) is 58.3 Å². The predicted molar refractivity (Wildman–Crippen MR) is 75.3 cm³/mol. The van der Waals surface area contributed by atoms with Crippen LogP contribution in [-0.4, -0.2) is 55.1 Å². The van der Waals surface area contributed by atoms with Crippen LogP contribution in [0.25, 0.3) is 0 Å². The van der Waals surface area contributed by atoms with Crippen molar-refractivity contribution in [3.8, 4) is 0 Å². The number of nitrogens with zero attached hydrogens (tertiary/aromatic N) is 2. The second kappa shape index (κ2) is 7.34. The lowest BCUT2D eigenvalue weighted by molar-refractivity contribution is 0.105. The summed E-state index contributed by atoms with van der Waals surface area (Å²) >= 11 is 0. The molecule has 3 nitrogen and oxygen atoms in total. The van der Waals surface area contributed by atoms with Crippen molar-refractivity contribution in [3.63, 3.8) is 0 Å². The maximum Gasteiger partial charge on any atom is 0.0341 e. The highest BCUT2D eigenvalue weighted by Gasteiger charge is 2.34. The molecule has 3 heteroatoms. The van der Waals surface area contributed by atoms with Gasteiger partial charge in [-0.25, -0.2) is 0 Å². The number of likely N-dealkylation sites (N-methyl/N-ethyl adjacent to an activating group) is 1. The zero-order valence-electron chi connectivity index (χ0n) is 12.0. The van der Waals surface area contributed by atoms with Gasteiger partial charge < -0.3 is 10.6 Å². The van der Waals surface area contributed by atoms with Crippen LogP contribution in [0.3, 0.4) is 0 Å². The summed E-state index contributed by atoms with van der Waals surface area (Å²) in [5.41, 5.74) is 6.37. The molecule has 2 N–H and O–H groups in total. The van der Waals surface area contributed by atoms with Crippen LogP contribution in [0.2, 0.25) is 0 Å². The molecule has 1 aliphatic heterocycles. The van der Waals surface area contributed by atoms with Gasteiger partial charge >= 0.3 is 0 Å². The third-order valence-corrected chi connectivity index (χ3v) is 4.49. The molecule has 0 aromatic heterocycles. The summed E-state index contributed by atoms with van der Waals surface area (Å²) in [6.45, 7) is 10.2. The van der Waals surface area contributed by atoms with E-state index in [0.717, 1.165) is 6.54 Å². The van der Waals surface area contributed by atoms with Crippen LogP contribution in [0.4, 0.5) is 0 Å². The monoisotopic (exact) mass is 241 g/mol. The van der Waals surface area contributed by atoms with Gasteiger partial charge in [-0.3, -0.25) is 4.90 Å². The van der Waals surface area contributed by atoms with E-state index in [4.69, 9.17) is 5.73 Å². The van der Waals surface area contributed by atoms with Crippen molar-refractivity contribution in [1.29, 1.82) is 0 Å². The molecular formula is C14H31N3. The van der Waals surface area contributed by atoms with Gasteiger partial charge in [0.05, 0.1) is 0 Å². The Morgan fingerprint density at radius 1 is 1.24 bits per heavy atom. The molecule has 0 radical (unpaired) electrons. The molecule has 0 spiro atoms. The topological polar surface area (TPSA) is 32.5 Å². The van der Waals surface area contributed by atoms with E-state index in [1.807, 2.05) is 0 Å². The van der Waals surface area contributed by atoms with Crippen LogP contribution < -0.4 is 5.73 Å². The molecule has 0 aromatic carbocycles. The van der Waals surface area contributed by atoms with Crippen molar-refractivity contribution < 1.29 is 0 Å². The number of likely N-dealkylation sites (tertiary alicyclic amines) is 1. The van der Waals surface area contributed by atoms with Crippen LogP contribution >= 0.6 is 0 Å². The van der Waals surface area contributed by atoms with E-state index < -0.39 is 0 Å². The van der Waals surface area contributed by atoms with E-state index in [-0.39, 0.29) is 5.54 Å². The van der Waals surface area contributed by atoms with Gasteiger partial charge in [-0.1, -0.05) is 20.3 Å². The van der Waals surface area contributed by atoms with Crippen molar-refractivity contribution in [1.82, 2.24) is 9.80 Å². The SMILES string of the molecule is CCCCN(C)C1(CN)CCCN(CC)CC1. The molecule has 0 aromatic rings. The maximum atomic E-state index is 6.11. The van der Waals surface area contributed by atoms with Gasteiger partial charge in [0.1, 0.15) is 0 Å². The molecule has 1 heterocycles. The van der Waals surface area contributed by atoms with Crippen molar-refractivity contribution in [2.75, 3.05) is 39.8 Å². The fourth-order valence-electron chi connectivity index (χ4n) is 2.93. The summed E-state index contributed by atoms with van der Waals surface area (Å²) in [4.78, 5) is 5.10. The Labute approximate surface area is 107 Å². The van der Waals surface area contributed by atoms with E-state index in [1.54, 1.807) is 0 Å². The normalized spacial score (nSPS) is 27.4. The molecule has 1 atom stereocenters. The molecule has 17 heavy (non-hydrogen) atoms. The highest BCUT2D eigenvalue weighted by Crippen LogP contribution is 2.27. The summed E-state index contributed by atoms with van der Waals surface area (Å²) in [7, 11) is 2.27. The Kier molecular flexibility index (Phi) is 6.45. The Bertz CT molecular complexity index is 208. The van der Waals surface area contributed by atoms with E-state index in [9.17, 15) is 0 Å². The van der Waals surface area contributed by atoms with Crippen LogP contribution in [0.15, 0.2) is 0 Å². The lowest BCUT2D eigenvalue weighted by Gasteiger charge is -2.41. The van der Waals surface area contributed by atoms with Gasteiger partial charge in [0.25, 0.3) is 0 Å². The molecule has 1 rings (SSSR count). The molecule has 0 saturated carbocycles. The molecule has 0 aliphatic carbocycles. The number of hydrogen-bond donors (Lipinski definition) is 1. The summed E-state index contributed by atoms with van der Waals surface area (Å²) in [5, 5.41) is 0. The standard InChI is InChI=1S/C14H31N3/c1-4-6-10-16(3)14(13-15)8-7-11-17(5-2)12-9-14/h4-13,15H2,1-3H3. The molecule has 0 amide bonds. The van der Waals surface area contributed by atoms with Gasteiger partial charge in [-0.05, 0) is 58.9 Å². The smallest absolute Gasteiger partial charge is 0.0341 e. The Morgan fingerprint density at radius 2 is 2.00 bits per heavy atom. The highest BCUT2D eigenvalue weighted by atomic mass is 15.2. The second-order valence-corrected chi connectivity index (χ2v) is 5.49. The van der Waals surface area contributed by atoms with Gasteiger partial charge in [-0.2, -0.15) is 0 Å². The minimum atomic E-state index is 0.263. The van der Waals surface area contributed by atoms with Gasteiger partial charge in [-0.15, -0.1) is 0 Å². The molecule has 1 unspecified atom stereocenters. The van der Waals surface area contributed by atoms with Gasteiger partial charge in [0, 0.05) is 12.1 Å². The summed E-state index contributed by atoms with van der Waals surface area (Å²) < 4.78 is 0. The summed E-state index contributed by atoms with van der Waals surface area (Å²) in [6, 6.07) is 0. The van der Waals surface area contributed by atoms with Crippen LogP contribution in [0.5, 0.6) is 0 Å². The van der Waals surface area contributed by atoms with E-state index in [2.05, 4.69) is 30.7 Å². The average molecular weight is 241 g/mol. The molecule has 1 saturated heterocycles. The Hall–Kier alpha value is -0.120. The molecule has 0 bridgehead atoms. The lowest BCUT2D eigenvalue weighted by atomic mass is 9.88. The van der Waals surface area contributed by atoms with Crippen molar-refractivity contribution in [3.05, 3.63) is 0 Å². The largest absolute Gasteiger partial charge is 0.329 e. The first-order chi connectivity index (χ1) is 8.18. The first-order valence-electron chi connectivity index (χ1n) is 7.32. The zero-order chi connectivity index (χ0) is 12.7. The minimum Gasteiger partial charge on any atom is -0.329 e. The lowest BCUT2D eigenvalue weighted by Crippen LogP contribution is -2.52. The second-order valence-electron chi connectivity index (χ2n) is 5.49. The number of nitrogens with two attached hydrogens (primary N) is 1. The quantitative estimate of drug-likeness (QED) is 0.771. The number of unbranched alkanes of at least 4 members (excludes halogenated alkanes) is 1. The third kappa shape index (κ3) is 3.94. The van der Waals surface area contributed by atoms with Crippen LogP contribution in [0, 0.1) is 0 Å². The first-order valence-corrected chi connectivity index (χ1v) is 7.32. The fourth-order valence-corrected chi connectivity index (χ4v) is 2.93. The average Bonchev–Trinajstić information content (AvgIpc) is 2.58. The zero-order valence-corrected chi connectivity index (χ0v) is 12.0. The Balaban J connectivity index is 2.60. The van der Waals surface area contributed by atoms with E-state index in [0.29, 0.717) is 0 Å². The predicted octanol–water partition coefficient (Wildman–Crippen LogP) is 1.92. The van der Waals surface area contributed by atoms with Gasteiger partial charge in [0.2, 0.25) is 0 Å². The molecule has 102 valence electrons. The molecular weight excluding hydrogens is 210 g/mol. The van der Waals surface area contributed by atoms with Crippen LogP contribution in [0.1, 0.15) is 46.0 Å². The fraction of sp³-hybridized carbons (Fsp3) is 1.00. The van der Waals surface area contributed by atoms with Crippen LogP contribution in [-0.2, 0) is 0 Å². The summed E-state index contributed by atoms with van der Waals surface area (Å²) in [5.74, 6) is 0. The van der Waals surface area contributed by atoms with Crippen molar-refractivity contribution in [2.45, 2.75) is 51.5 Å². The highest BCUT2D eigenvalue weighted by molar-refractivity contribution is 4.93. The minimum absolute atomic E-state index is 0.263. The molecule has 1 aliphatic rings. The van der Waals surface area contributed by atoms with Crippen molar-refractivity contribution in [2.24, 2.45) is 5.73 Å². The Morgan fingerprint density at radius 3 is 2.59 bits per heavy atom. The third-order valence-electron chi connectivity index (χ3n) is 4.49. The van der Waals surface area contributed by atoms with E-state index >= 15 is 0 Å². The maximum absolute atomic E-state index is 6.11. The first kappa shape index (κ1) is 14.9. The number of rotatable bonds is 6. The van der Waals surface area contributed by atoms with Gasteiger partial charge in [0.15, 0.2) is 0 Å². The number of hydrogen-bond acceptors (Lipinski definition) is 3. The van der Waals surface area contributed by atoms with Crippen molar-refractivity contribution >= 4 is 0 Å². The summed E-state index contributed by atoms with van der Waals surface area (Å²) in [6.07, 6.45) is 6.35. The molecule has 1 fully saturated rings.